The van der Waals surface area contributed by atoms with E-state index in [0.29, 0.717) is 32.3 Å². The molecule has 0 radical (unpaired) electrons. The summed E-state index contributed by atoms with van der Waals surface area (Å²) in [6, 6.07) is 0.488. The average molecular weight is 404 g/mol. The second kappa shape index (κ2) is 9.11. The van der Waals surface area contributed by atoms with Gasteiger partial charge < -0.3 is 24.4 Å². The lowest BCUT2D eigenvalue weighted by Gasteiger charge is -2.38. The van der Waals surface area contributed by atoms with Crippen LogP contribution in [0.1, 0.15) is 50.2 Å². The van der Waals surface area contributed by atoms with Crippen LogP contribution in [-0.4, -0.2) is 81.4 Å². The first-order chi connectivity index (χ1) is 14.1. The molecular formula is C20H33N7O2. The SMILES string of the molecule is Cc1nnc(CN=C(NC2CCCC2)N2CCN(C(=O)C3CCCO3)CC2)n1C. The van der Waals surface area contributed by atoms with Gasteiger partial charge in [0.05, 0.1) is 0 Å². The normalized spacial score (nSPS) is 23.8. The van der Waals surface area contributed by atoms with Crippen LogP contribution < -0.4 is 5.32 Å². The molecule has 1 amide bonds. The number of piperazine rings is 1. The molecule has 1 aliphatic carbocycles. The molecule has 1 atom stereocenters. The number of hydrogen-bond donors (Lipinski definition) is 1. The number of carbonyl (C=O) groups is 1. The molecule has 1 unspecified atom stereocenters. The van der Waals surface area contributed by atoms with Crippen LogP contribution in [0.3, 0.4) is 0 Å². The van der Waals surface area contributed by atoms with Crippen LogP contribution in [0, 0.1) is 6.92 Å². The Bertz CT molecular complexity index is 727. The number of aliphatic imine (C=N–C) groups is 1. The largest absolute Gasteiger partial charge is 0.368 e. The highest BCUT2D eigenvalue weighted by molar-refractivity contribution is 5.83. The third-order valence-electron chi connectivity index (χ3n) is 6.34. The zero-order valence-electron chi connectivity index (χ0n) is 17.6. The van der Waals surface area contributed by atoms with Crippen molar-refractivity contribution in [2.45, 2.75) is 64.1 Å². The summed E-state index contributed by atoms with van der Waals surface area (Å²) in [6.07, 6.45) is 6.55. The molecule has 3 fully saturated rings. The van der Waals surface area contributed by atoms with Crippen molar-refractivity contribution >= 4 is 11.9 Å². The molecule has 2 saturated heterocycles. The Labute approximate surface area is 172 Å². The summed E-state index contributed by atoms with van der Waals surface area (Å²) in [6.45, 7) is 6.16. The monoisotopic (exact) mass is 403 g/mol. The Balaban J connectivity index is 1.40. The molecular weight excluding hydrogens is 370 g/mol. The highest BCUT2D eigenvalue weighted by Crippen LogP contribution is 2.19. The first kappa shape index (κ1) is 20.1. The van der Waals surface area contributed by atoms with Gasteiger partial charge in [-0.15, -0.1) is 10.2 Å². The first-order valence-corrected chi connectivity index (χ1v) is 10.9. The number of nitrogens with zero attached hydrogens (tertiary/aromatic N) is 6. The lowest BCUT2D eigenvalue weighted by atomic mass is 10.2. The van der Waals surface area contributed by atoms with Gasteiger partial charge in [-0.05, 0) is 32.6 Å². The van der Waals surface area contributed by atoms with Crippen molar-refractivity contribution in [3.8, 4) is 0 Å². The highest BCUT2D eigenvalue weighted by atomic mass is 16.5. The fraction of sp³-hybridized carbons (Fsp3) is 0.800. The maximum Gasteiger partial charge on any atom is 0.251 e. The molecule has 9 heteroatoms. The smallest absolute Gasteiger partial charge is 0.251 e. The first-order valence-electron chi connectivity index (χ1n) is 10.9. The van der Waals surface area contributed by atoms with Crippen LogP contribution in [0.15, 0.2) is 4.99 Å². The predicted octanol–water partition coefficient (Wildman–Crippen LogP) is 0.835. The predicted molar refractivity (Wildman–Crippen MR) is 109 cm³/mol. The number of aromatic nitrogens is 3. The van der Waals surface area contributed by atoms with E-state index in [1.54, 1.807) is 0 Å². The molecule has 3 aliphatic rings. The van der Waals surface area contributed by atoms with Crippen LogP contribution in [0.2, 0.25) is 0 Å². The summed E-state index contributed by atoms with van der Waals surface area (Å²) in [5.74, 6) is 2.84. The molecule has 3 heterocycles. The molecule has 2 aliphatic heterocycles. The lowest BCUT2D eigenvalue weighted by molar-refractivity contribution is -0.142. The second-order valence-corrected chi connectivity index (χ2v) is 8.30. The number of nitrogens with one attached hydrogen (secondary N) is 1. The van der Waals surface area contributed by atoms with Crippen molar-refractivity contribution < 1.29 is 9.53 Å². The third kappa shape index (κ3) is 4.71. The van der Waals surface area contributed by atoms with Gasteiger partial charge in [-0.2, -0.15) is 0 Å². The topological polar surface area (TPSA) is 87.9 Å². The fourth-order valence-electron chi connectivity index (χ4n) is 4.34. The zero-order valence-corrected chi connectivity index (χ0v) is 17.6. The molecule has 4 rings (SSSR count). The van der Waals surface area contributed by atoms with Crippen LogP contribution >= 0.6 is 0 Å². The molecule has 9 nitrogen and oxygen atoms in total. The minimum atomic E-state index is -0.231. The third-order valence-corrected chi connectivity index (χ3v) is 6.34. The van der Waals surface area contributed by atoms with Crippen molar-refractivity contribution in [2.24, 2.45) is 12.0 Å². The standard InChI is InChI=1S/C20H33N7O2/c1-15-23-24-18(25(15)2)14-21-20(22-16-6-3-4-7-16)27-11-9-26(10-12-27)19(28)17-8-5-13-29-17/h16-17H,3-14H2,1-2H3,(H,21,22). The van der Waals surface area contributed by atoms with Crippen molar-refractivity contribution in [1.29, 1.82) is 0 Å². The molecule has 1 aromatic rings. The molecule has 1 saturated carbocycles. The summed E-state index contributed by atoms with van der Waals surface area (Å²) in [4.78, 5) is 21.7. The summed E-state index contributed by atoms with van der Waals surface area (Å²) in [7, 11) is 1.97. The number of carbonyl (C=O) groups excluding carboxylic acids is 1. The van der Waals surface area contributed by atoms with E-state index in [9.17, 15) is 4.79 Å². The van der Waals surface area contributed by atoms with Crippen LogP contribution in [0.5, 0.6) is 0 Å². The van der Waals surface area contributed by atoms with E-state index in [-0.39, 0.29) is 12.0 Å². The number of hydrogen-bond acceptors (Lipinski definition) is 5. The number of aryl methyl sites for hydroxylation is 1. The average Bonchev–Trinajstić information content (AvgIpc) is 3.50. The van der Waals surface area contributed by atoms with Crippen LogP contribution in [-0.2, 0) is 23.1 Å². The lowest BCUT2D eigenvalue weighted by Crippen LogP contribution is -2.56. The van der Waals surface area contributed by atoms with Crippen molar-refractivity contribution in [3.63, 3.8) is 0 Å². The van der Waals surface area contributed by atoms with E-state index < -0.39 is 0 Å². The van der Waals surface area contributed by atoms with Crippen LogP contribution in [0.25, 0.3) is 0 Å². The van der Waals surface area contributed by atoms with E-state index in [4.69, 9.17) is 9.73 Å². The maximum absolute atomic E-state index is 12.6. The number of ether oxygens (including phenoxy) is 1. The number of guanidine groups is 1. The van der Waals surface area contributed by atoms with E-state index in [0.717, 1.165) is 43.5 Å². The Morgan fingerprint density at radius 3 is 2.45 bits per heavy atom. The van der Waals surface area contributed by atoms with Gasteiger partial charge in [0.1, 0.15) is 18.5 Å². The Kier molecular flexibility index (Phi) is 6.32. The fourth-order valence-corrected chi connectivity index (χ4v) is 4.34. The van der Waals surface area contributed by atoms with E-state index >= 15 is 0 Å². The van der Waals surface area contributed by atoms with Gasteiger partial charge in [-0.1, -0.05) is 12.8 Å². The molecule has 29 heavy (non-hydrogen) atoms. The van der Waals surface area contributed by atoms with E-state index in [2.05, 4.69) is 20.4 Å². The number of rotatable bonds is 4. The highest BCUT2D eigenvalue weighted by Gasteiger charge is 2.31. The van der Waals surface area contributed by atoms with E-state index in [1.165, 1.54) is 25.7 Å². The van der Waals surface area contributed by atoms with Crippen molar-refractivity contribution in [3.05, 3.63) is 11.6 Å². The van der Waals surface area contributed by atoms with Crippen LogP contribution in [0.4, 0.5) is 0 Å². The summed E-state index contributed by atoms with van der Waals surface area (Å²) < 4.78 is 7.56. The van der Waals surface area contributed by atoms with Gasteiger partial charge in [0, 0.05) is 45.9 Å². The molecule has 160 valence electrons. The Hall–Kier alpha value is -2.16. The molecule has 0 spiro atoms. The van der Waals surface area contributed by atoms with Gasteiger partial charge in [0.25, 0.3) is 5.91 Å². The van der Waals surface area contributed by atoms with E-state index in [1.807, 2.05) is 23.4 Å². The molecule has 0 aromatic carbocycles. The van der Waals surface area contributed by atoms with Gasteiger partial charge in [0.15, 0.2) is 11.8 Å². The second-order valence-electron chi connectivity index (χ2n) is 8.30. The summed E-state index contributed by atoms with van der Waals surface area (Å²) in [5, 5.41) is 12.0. The maximum atomic E-state index is 12.6. The minimum absolute atomic E-state index is 0.152. The molecule has 1 aromatic heterocycles. The molecule has 1 N–H and O–H groups in total. The molecule has 0 bridgehead atoms. The van der Waals surface area contributed by atoms with Crippen molar-refractivity contribution in [2.75, 3.05) is 32.8 Å². The van der Waals surface area contributed by atoms with Gasteiger partial charge in [-0.3, -0.25) is 4.79 Å². The number of amides is 1. The summed E-state index contributed by atoms with van der Waals surface area (Å²) in [5.41, 5.74) is 0. The Morgan fingerprint density at radius 2 is 1.83 bits per heavy atom. The van der Waals surface area contributed by atoms with Gasteiger partial charge in [-0.25, -0.2) is 4.99 Å². The van der Waals surface area contributed by atoms with Gasteiger partial charge >= 0.3 is 0 Å². The Morgan fingerprint density at radius 1 is 1.10 bits per heavy atom. The van der Waals surface area contributed by atoms with Crippen molar-refractivity contribution in [1.82, 2.24) is 29.9 Å². The zero-order chi connectivity index (χ0) is 20.2. The van der Waals surface area contributed by atoms with Gasteiger partial charge in [0.2, 0.25) is 0 Å². The summed E-state index contributed by atoms with van der Waals surface area (Å²) >= 11 is 0. The minimum Gasteiger partial charge on any atom is -0.368 e. The quantitative estimate of drug-likeness (QED) is 0.592.